The smallest absolute Gasteiger partial charge is 0.347 e. The second-order valence-electron chi connectivity index (χ2n) is 5.13. The molecule has 118 valence electrons. The first-order valence-corrected chi connectivity index (χ1v) is 7.51. The lowest BCUT2D eigenvalue weighted by atomic mass is 10.2. The number of thiophene rings is 1. The van der Waals surface area contributed by atoms with Crippen molar-refractivity contribution in [1.82, 2.24) is 14.9 Å². The lowest BCUT2D eigenvalue weighted by molar-refractivity contribution is -0.157. The third-order valence-corrected chi connectivity index (χ3v) is 4.50. The molecule has 9 heteroatoms. The van der Waals surface area contributed by atoms with E-state index in [-0.39, 0.29) is 6.54 Å². The Kier molecular flexibility index (Phi) is 3.67. The summed E-state index contributed by atoms with van der Waals surface area (Å²) in [5, 5.41) is 2.67. The number of carbonyl (C=O) groups excluding carboxylic acids is 1. The fourth-order valence-corrected chi connectivity index (χ4v) is 3.39. The van der Waals surface area contributed by atoms with Crippen LogP contribution in [0.3, 0.4) is 0 Å². The molecule has 0 aliphatic carbocycles. The number of fused-ring (bicyclic) bond motifs is 1. The summed E-state index contributed by atoms with van der Waals surface area (Å²) in [5.41, 5.74) is 0. The summed E-state index contributed by atoms with van der Waals surface area (Å²) < 4.78 is 37.4. The van der Waals surface area contributed by atoms with E-state index in [0.717, 1.165) is 15.1 Å². The Morgan fingerprint density at radius 3 is 2.95 bits per heavy atom. The van der Waals surface area contributed by atoms with E-state index in [1.807, 2.05) is 11.4 Å². The van der Waals surface area contributed by atoms with Crippen molar-refractivity contribution in [3.8, 4) is 0 Å². The molecule has 1 aliphatic rings. The monoisotopic (exact) mass is 330 g/mol. The highest BCUT2D eigenvalue weighted by atomic mass is 32.1. The number of likely N-dealkylation sites (tertiary alicyclic amines) is 1. The fourth-order valence-electron chi connectivity index (χ4n) is 2.66. The quantitative estimate of drug-likeness (QED) is 0.866. The van der Waals surface area contributed by atoms with Gasteiger partial charge in [-0.15, -0.1) is 11.3 Å². The summed E-state index contributed by atoms with van der Waals surface area (Å²) in [6, 6.07) is 1.22. The highest BCUT2D eigenvalue weighted by molar-refractivity contribution is 7.16. The Labute approximate surface area is 128 Å². The van der Waals surface area contributed by atoms with Gasteiger partial charge in [0.05, 0.1) is 5.39 Å². The van der Waals surface area contributed by atoms with E-state index >= 15 is 0 Å². The van der Waals surface area contributed by atoms with Gasteiger partial charge in [0.25, 0.3) is 0 Å². The van der Waals surface area contributed by atoms with Gasteiger partial charge in [0.15, 0.2) is 0 Å². The molecule has 0 aromatic carbocycles. The van der Waals surface area contributed by atoms with Crippen LogP contribution in [-0.4, -0.2) is 53.1 Å². The zero-order chi connectivity index (χ0) is 15.9. The molecular formula is C13H13F3N4OS. The zero-order valence-corrected chi connectivity index (χ0v) is 12.5. The van der Waals surface area contributed by atoms with Gasteiger partial charge in [-0.25, -0.2) is 9.97 Å². The van der Waals surface area contributed by atoms with Crippen LogP contribution < -0.4 is 4.90 Å². The zero-order valence-electron chi connectivity index (χ0n) is 11.7. The fraction of sp³-hybridized carbons (Fsp3) is 0.462. The van der Waals surface area contributed by atoms with Crippen LogP contribution in [0.2, 0.25) is 0 Å². The summed E-state index contributed by atoms with van der Waals surface area (Å²) in [5.74, 6) is 0.0558. The molecule has 1 aliphatic heterocycles. The first kappa shape index (κ1) is 15.0. The van der Waals surface area contributed by atoms with Crippen molar-refractivity contribution < 1.29 is 18.0 Å². The molecule has 1 fully saturated rings. The number of likely N-dealkylation sites (N-methyl/N-ethyl adjacent to an activating group) is 1. The van der Waals surface area contributed by atoms with Crippen LogP contribution in [0.1, 0.15) is 6.42 Å². The molecule has 3 rings (SSSR count). The van der Waals surface area contributed by atoms with Crippen LogP contribution in [-0.2, 0) is 4.79 Å². The molecule has 1 amide bonds. The number of rotatable bonds is 3. The summed E-state index contributed by atoms with van der Waals surface area (Å²) in [6.45, 7) is -1.10. The highest BCUT2D eigenvalue weighted by Gasteiger charge is 2.41. The summed E-state index contributed by atoms with van der Waals surface area (Å²) in [7, 11) is 1.68. The molecule has 22 heavy (non-hydrogen) atoms. The lowest BCUT2D eigenvalue weighted by Crippen LogP contribution is -2.43. The predicted octanol–water partition coefficient (Wildman–Crippen LogP) is 2.29. The first-order chi connectivity index (χ1) is 10.4. The number of nitrogens with zero attached hydrogens (tertiary/aromatic N) is 4. The minimum absolute atomic E-state index is 0.102. The van der Waals surface area contributed by atoms with Crippen LogP contribution in [0, 0.1) is 0 Å². The molecule has 1 saturated heterocycles. The van der Waals surface area contributed by atoms with Gasteiger partial charge in [-0.2, -0.15) is 13.2 Å². The van der Waals surface area contributed by atoms with E-state index < -0.39 is 24.7 Å². The normalized spacial score (nSPS) is 19.2. The van der Waals surface area contributed by atoms with Crippen molar-refractivity contribution in [3.05, 3.63) is 17.8 Å². The Morgan fingerprint density at radius 1 is 1.45 bits per heavy atom. The molecule has 0 spiro atoms. The van der Waals surface area contributed by atoms with Crippen LogP contribution in [0.25, 0.3) is 10.2 Å². The number of carbonyl (C=O) groups is 1. The molecule has 2 aromatic heterocycles. The molecule has 1 unspecified atom stereocenters. The van der Waals surface area contributed by atoms with E-state index in [9.17, 15) is 18.0 Å². The number of hydrogen-bond acceptors (Lipinski definition) is 5. The van der Waals surface area contributed by atoms with Crippen molar-refractivity contribution in [3.63, 3.8) is 0 Å². The Morgan fingerprint density at radius 2 is 2.23 bits per heavy atom. The van der Waals surface area contributed by atoms with Crippen LogP contribution >= 0.6 is 11.3 Å². The summed E-state index contributed by atoms with van der Waals surface area (Å²) in [4.78, 5) is 23.8. The molecule has 0 N–H and O–H groups in total. The van der Waals surface area contributed by atoms with Gasteiger partial charge in [0, 0.05) is 13.6 Å². The van der Waals surface area contributed by atoms with Crippen LogP contribution in [0.5, 0.6) is 0 Å². The van der Waals surface area contributed by atoms with E-state index in [4.69, 9.17) is 0 Å². The molecule has 5 nitrogen and oxygen atoms in total. The van der Waals surface area contributed by atoms with E-state index in [2.05, 4.69) is 9.97 Å². The molecule has 1 atom stereocenters. The molecule has 0 radical (unpaired) electrons. The number of aromatic nitrogens is 2. The Bertz CT molecular complexity index is 702. The van der Waals surface area contributed by atoms with E-state index in [0.29, 0.717) is 12.2 Å². The SMILES string of the molecule is CN(c1ncnc2sccc12)C1CCN(CC(F)(F)F)C1=O. The highest BCUT2D eigenvalue weighted by Crippen LogP contribution is 2.30. The van der Waals surface area contributed by atoms with Gasteiger partial charge >= 0.3 is 6.18 Å². The Balaban J connectivity index is 1.83. The number of halogens is 3. The average Bonchev–Trinajstić information content (AvgIpc) is 3.04. The van der Waals surface area contributed by atoms with Gasteiger partial charge in [-0.1, -0.05) is 0 Å². The van der Waals surface area contributed by atoms with Gasteiger partial charge in [-0.3, -0.25) is 4.79 Å². The maximum Gasteiger partial charge on any atom is 0.406 e. The molecule has 0 bridgehead atoms. The third-order valence-electron chi connectivity index (χ3n) is 3.68. The summed E-state index contributed by atoms with van der Waals surface area (Å²) in [6.07, 6.45) is -2.63. The molecular weight excluding hydrogens is 317 g/mol. The predicted molar refractivity (Wildman–Crippen MR) is 76.9 cm³/mol. The van der Waals surface area contributed by atoms with Crippen molar-refractivity contribution in [2.75, 3.05) is 25.0 Å². The standard InChI is InChI=1S/C13H13F3N4OS/c1-19(10-8-3-5-22-11(8)18-7-17-10)9-2-4-20(12(9)21)6-13(14,15)16/h3,5,7,9H,2,4,6H2,1H3. The van der Waals surface area contributed by atoms with Crippen molar-refractivity contribution in [1.29, 1.82) is 0 Å². The van der Waals surface area contributed by atoms with Gasteiger partial charge < -0.3 is 9.80 Å². The van der Waals surface area contributed by atoms with Gasteiger partial charge in [0.2, 0.25) is 5.91 Å². The maximum absolute atomic E-state index is 12.5. The molecule has 0 saturated carbocycles. The average molecular weight is 330 g/mol. The van der Waals surface area contributed by atoms with Crippen molar-refractivity contribution in [2.24, 2.45) is 0 Å². The topological polar surface area (TPSA) is 49.3 Å². The molecule has 3 heterocycles. The second-order valence-corrected chi connectivity index (χ2v) is 6.02. The number of anilines is 1. The largest absolute Gasteiger partial charge is 0.406 e. The minimum Gasteiger partial charge on any atom is -0.347 e. The van der Waals surface area contributed by atoms with Crippen molar-refractivity contribution >= 4 is 33.3 Å². The van der Waals surface area contributed by atoms with Crippen LogP contribution in [0.4, 0.5) is 19.0 Å². The van der Waals surface area contributed by atoms with Crippen LogP contribution in [0.15, 0.2) is 17.8 Å². The van der Waals surface area contributed by atoms with E-state index in [1.54, 1.807) is 11.9 Å². The second kappa shape index (κ2) is 5.38. The third kappa shape index (κ3) is 2.72. The van der Waals surface area contributed by atoms with Gasteiger partial charge in [-0.05, 0) is 17.9 Å². The maximum atomic E-state index is 12.5. The number of amides is 1. The summed E-state index contributed by atoms with van der Waals surface area (Å²) >= 11 is 1.45. The number of hydrogen-bond donors (Lipinski definition) is 0. The Hall–Kier alpha value is -1.90. The van der Waals surface area contributed by atoms with Gasteiger partial charge in [0.1, 0.15) is 29.6 Å². The first-order valence-electron chi connectivity index (χ1n) is 6.63. The van der Waals surface area contributed by atoms with E-state index in [1.165, 1.54) is 17.7 Å². The number of alkyl halides is 3. The lowest BCUT2D eigenvalue weighted by Gasteiger charge is -2.25. The minimum atomic E-state index is -4.38. The molecule has 2 aromatic rings. The van der Waals surface area contributed by atoms with Crippen molar-refractivity contribution in [2.45, 2.75) is 18.6 Å².